The molecule has 0 amide bonds. The third-order valence-electron chi connectivity index (χ3n) is 3.58. The van der Waals surface area contributed by atoms with Gasteiger partial charge in [0, 0.05) is 12.8 Å². The lowest BCUT2D eigenvalue weighted by molar-refractivity contribution is 0.409. The minimum absolute atomic E-state index is 0.00567. The first kappa shape index (κ1) is 16.3. The van der Waals surface area contributed by atoms with Crippen LogP contribution in [0.3, 0.4) is 0 Å². The lowest BCUT2D eigenvalue weighted by Gasteiger charge is -2.12. The number of aromatic nitrogens is 1. The van der Waals surface area contributed by atoms with Gasteiger partial charge in [-0.1, -0.05) is 12.1 Å². The van der Waals surface area contributed by atoms with Crippen molar-refractivity contribution < 1.29 is 9.84 Å². The van der Waals surface area contributed by atoms with Crippen molar-refractivity contribution >= 4 is 11.9 Å². The Kier molecular flexibility index (Phi) is 4.82. The topological polar surface area (TPSA) is 87.6 Å². The van der Waals surface area contributed by atoms with Gasteiger partial charge in [0.2, 0.25) is 5.88 Å². The van der Waals surface area contributed by atoms with E-state index in [9.17, 15) is 15.2 Å². The monoisotopic (exact) mass is 311 g/mol. The number of nitriles is 1. The molecule has 6 nitrogen and oxygen atoms in total. The lowest BCUT2D eigenvalue weighted by Crippen LogP contribution is -2.24. The van der Waals surface area contributed by atoms with Crippen molar-refractivity contribution in [1.82, 2.24) is 4.57 Å². The van der Waals surface area contributed by atoms with Crippen LogP contribution >= 0.6 is 0 Å². The number of hydrogen-bond donors (Lipinski definition) is 1. The van der Waals surface area contributed by atoms with Gasteiger partial charge in [-0.3, -0.25) is 14.4 Å². The van der Waals surface area contributed by atoms with Crippen LogP contribution in [-0.2, 0) is 6.54 Å². The molecule has 0 aliphatic rings. The van der Waals surface area contributed by atoms with Crippen LogP contribution in [-0.4, -0.2) is 23.0 Å². The van der Waals surface area contributed by atoms with Gasteiger partial charge in [-0.15, -0.1) is 0 Å². The summed E-state index contributed by atoms with van der Waals surface area (Å²) >= 11 is 0. The second-order valence-corrected chi connectivity index (χ2v) is 4.83. The van der Waals surface area contributed by atoms with Gasteiger partial charge in [-0.2, -0.15) is 5.26 Å². The molecule has 1 N–H and O–H groups in total. The largest absolute Gasteiger partial charge is 0.494 e. The fourth-order valence-electron chi connectivity index (χ4n) is 2.29. The summed E-state index contributed by atoms with van der Waals surface area (Å²) in [6.45, 7) is 3.59. The van der Waals surface area contributed by atoms with Crippen LogP contribution in [0.5, 0.6) is 11.6 Å². The molecule has 2 aromatic rings. The van der Waals surface area contributed by atoms with Crippen LogP contribution in [0.2, 0.25) is 0 Å². The molecule has 1 aromatic heterocycles. The van der Waals surface area contributed by atoms with E-state index in [-0.39, 0.29) is 18.0 Å². The quantitative estimate of drug-likeness (QED) is 0.879. The first-order valence-corrected chi connectivity index (χ1v) is 7.08. The first-order valence-electron chi connectivity index (χ1n) is 7.08. The number of rotatable bonds is 4. The normalized spacial score (nSPS) is 10.7. The highest BCUT2D eigenvalue weighted by atomic mass is 16.5. The molecule has 23 heavy (non-hydrogen) atoms. The Morgan fingerprint density at radius 1 is 1.43 bits per heavy atom. The highest BCUT2D eigenvalue weighted by Gasteiger charge is 2.17. The fourth-order valence-corrected chi connectivity index (χ4v) is 2.29. The minimum atomic E-state index is -0.501. The molecule has 0 spiro atoms. The highest BCUT2D eigenvalue weighted by molar-refractivity contribution is 5.87. The Bertz CT molecular complexity index is 861. The molecule has 6 heteroatoms. The van der Waals surface area contributed by atoms with Gasteiger partial charge >= 0.3 is 0 Å². The van der Waals surface area contributed by atoms with Crippen LogP contribution < -0.4 is 10.3 Å². The van der Waals surface area contributed by atoms with E-state index in [1.807, 2.05) is 18.2 Å². The molecule has 1 aromatic carbocycles. The third-order valence-corrected chi connectivity index (χ3v) is 3.58. The molecule has 1 heterocycles. The predicted octanol–water partition coefficient (Wildman–Crippen LogP) is 2.51. The Balaban J connectivity index is 2.63. The van der Waals surface area contributed by atoms with Crippen LogP contribution in [0.25, 0.3) is 0 Å². The van der Waals surface area contributed by atoms with Crippen LogP contribution in [0.4, 0.5) is 5.69 Å². The van der Waals surface area contributed by atoms with Crippen LogP contribution in [0.1, 0.15) is 23.6 Å². The summed E-state index contributed by atoms with van der Waals surface area (Å²) in [6, 6.07) is 9.07. The van der Waals surface area contributed by atoms with Crippen molar-refractivity contribution in [3.63, 3.8) is 0 Å². The molecule has 0 saturated carbocycles. The number of nitrogens with zero attached hydrogens (tertiary/aromatic N) is 3. The summed E-state index contributed by atoms with van der Waals surface area (Å²) in [5.74, 6) is 0.387. The van der Waals surface area contributed by atoms with Gasteiger partial charge in [0.1, 0.15) is 23.1 Å². The van der Waals surface area contributed by atoms with Crippen molar-refractivity contribution in [2.75, 3.05) is 7.11 Å². The molecule has 0 aliphatic carbocycles. The molecule has 0 bridgehead atoms. The Hall–Kier alpha value is -3.07. The third kappa shape index (κ3) is 2.94. The zero-order chi connectivity index (χ0) is 17.0. The van der Waals surface area contributed by atoms with E-state index in [1.54, 1.807) is 33.1 Å². The van der Waals surface area contributed by atoms with Crippen molar-refractivity contribution in [3.05, 3.63) is 51.3 Å². The van der Waals surface area contributed by atoms with Gasteiger partial charge < -0.3 is 9.84 Å². The number of methoxy groups -OCH3 is 1. The summed E-state index contributed by atoms with van der Waals surface area (Å²) in [5.41, 5.74) is 0.833. The van der Waals surface area contributed by atoms with Crippen LogP contribution in [0.15, 0.2) is 34.1 Å². The second kappa shape index (κ2) is 6.79. The molecule has 0 saturated heterocycles. The predicted molar refractivity (Wildman–Crippen MR) is 87.7 cm³/mol. The number of ether oxygens (including phenoxy) is 1. The Labute approximate surface area is 133 Å². The van der Waals surface area contributed by atoms with Gasteiger partial charge in [0.05, 0.1) is 12.7 Å². The maximum Gasteiger partial charge on any atom is 0.271 e. The maximum atomic E-state index is 12.1. The molecular formula is C17H17N3O3. The zero-order valence-electron chi connectivity index (χ0n) is 13.2. The summed E-state index contributed by atoms with van der Waals surface area (Å²) < 4.78 is 6.37. The standard InChI is InChI=1S/C17H17N3O3/c1-4-20-16(21)12(9-18)11(2)13(17(20)22)10-19-14-7-5-6-8-15(14)23-3/h5-8,10,22H,4H2,1-3H3. The second-order valence-electron chi connectivity index (χ2n) is 4.83. The first-order chi connectivity index (χ1) is 11.0. The number of aromatic hydroxyl groups is 1. The van der Waals surface area contributed by atoms with Crippen molar-refractivity contribution in [3.8, 4) is 17.7 Å². The van der Waals surface area contributed by atoms with Gasteiger partial charge in [-0.25, -0.2) is 0 Å². The number of hydrogen-bond acceptors (Lipinski definition) is 5. The number of benzene rings is 1. The highest BCUT2D eigenvalue weighted by Crippen LogP contribution is 2.27. The van der Waals surface area contributed by atoms with Gasteiger partial charge in [0.25, 0.3) is 5.56 Å². The van der Waals surface area contributed by atoms with E-state index in [0.29, 0.717) is 22.6 Å². The SMILES string of the molecule is CCn1c(O)c(C=Nc2ccccc2OC)c(C)c(C#N)c1=O. The van der Waals surface area contributed by atoms with Crippen LogP contribution in [0, 0.1) is 18.3 Å². The fraction of sp³-hybridized carbons (Fsp3) is 0.235. The summed E-state index contributed by atoms with van der Waals surface area (Å²) in [7, 11) is 1.54. The number of para-hydroxylation sites is 2. The molecule has 118 valence electrons. The molecule has 0 unspecified atom stereocenters. The molecule has 0 atom stereocenters. The minimum Gasteiger partial charge on any atom is -0.494 e. The Morgan fingerprint density at radius 2 is 2.13 bits per heavy atom. The van der Waals surface area contributed by atoms with Crippen molar-refractivity contribution in [2.45, 2.75) is 20.4 Å². The van der Waals surface area contributed by atoms with E-state index < -0.39 is 5.56 Å². The smallest absolute Gasteiger partial charge is 0.271 e. The summed E-state index contributed by atoms with van der Waals surface area (Å²) in [6.07, 6.45) is 1.44. The van der Waals surface area contributed by atoms with E-state index in [4.69, 9.17) is 4.74 Å². The number of pyridine rings is 1. The van der Waals surface area contributed by atoms with Gasteiger partial charge in [0.15, 0.2) is 0 Å². The Morgan fingerprint density at radius 3 is 2.74 bits per heavy atom. The van der Waals surface area contributed by atoms with Crippen molar-refractivity contribution in [1.29, 1.82) is 5.26 Å². The van der Waals surface area contributed by atoms with E-state index in [0.717, 1.165) is 4.57 Å². The average molecular weight is 311 g/mol. The van der Waals surface area contributed by atoms with E-state index in [2.05, 4.69) is 4.99 Å². The zero-order valence-corrected chi connectivity index (χ0v) is 13.2. The molecule has 0 aliphatic heterocycles. The lowest BCUT2D eigenvalue weighted by atomic mass is 10.1. The van der Waals surface area contributed by atoms with E-state index >= 15 is 0 Å². The van der Waals surface area contributed by atoms with E-state index in [1.165, 1.54) is 6.21 Å². The number of aliphatic imine (C=N–C) groups is 1. The maximum absolute atomic E-state index is 12.1. The summed E-state index contributed by atoms with van der Waals surface area (Å²) in [4.78, 5) is 16.4. The molecule has 2 rings (SSSR count). The summed E-state index contributed by atoms with van der Waals surface area (Å²) in [5, 5.41) is 19.5. The average Bonchev–Trinajstić information content (AvgIpc) is 2.56. The molecular weight excluding hydrogens is 294 g/mol. The molecule has 0 fully saturated rings. The molecule has 0 radical (unpaired) electrons. The van der Waals surface area contributed by atoms with Crippen molar-refractivity contribution in [2.24, 2.45) is 4.99 Å². The van der Waals surface area contributed by atoms with Gasteiger partial charge in [-0.05, 0) is 31.5 Å².